The van der Waals surface area contributed by atoms with E-state index < -0.39 is 5.97 Å². The van der Waals surface area contributed by atoms with Crippen molar-refractivity contribution in [3.05, 3.63) is 57.8 Å². The number of benzene rings is 1. The van der Waals surface area contributed by atoms with Gasteiger partial charge in [0, 0.05) is 5.02 Å². The van der Waals surface area contributed by atoms with Crippen molar-refractivity contribution >= 4 is 46.4 Å². The first kappa shape index (κ1) is 16.7. The highest BCUT2D eigenvalue weighted by molar-refractivity contribution is 7.12. The summed E-state index contributed by atoms with van der Waals surface area (Å²) in [6, 6.07) is 8.00. The second kappa shape index (κ2) is 6.04. The van der Waals surface area contributed by atoms with Crippen molar-refractivity contribution in [2.24, 2.45) is 23.7 Å². The van der Waals surface area contributed by atoms with Crippen LogP contribution in [0.4, 0.5) is 5.69 Å². The van der Waals surface area contributed by atoms with Gasteiger partial charge in [0.05, 0.1) is 17.5 Å². The smallest absolute Gasteiger partial charge is 0.353 e. The fraction of sp³-hybridized carbons (Fsp3) is 0.250. The quantitative estimate of drug-likeness (QED) is 0.339. The number of allylic oxidation sites excluding steroid dienone is 2. The van der Waals surface area contributed by atoms with Crippen LogP contribution < -0.4 is 9.64 Å². The van der Waals surface area contributed by atoms with Crippen molar-refractivity contribution in [1.82, 2.24) is 0 Å². The Kier molecular flexibility index (Phi) is 3.74. The molecule has 1 saturated carbocycles. The van der Waals surface area contributed by atoms with Crippen molar-refractivity contribution in [3.8, 4) is 5.75 Å². The number of nitrogens with zero attached hydrogens (tertiary/aromatic N) is 1. The van der Waals surface area contributed by atoms with Crippen LogP contribution in [-0.2, 0) is 9.59 Å². The molecule has 2 heterocycles. The van der Waals surface area contributed by atoms with Gasteiger partial charge in [-0.05, 0) is 47.9 Å². The Labute approximate surface area is 164 Å². The number of esters is 1. The first-order valence-electron chi connectivity index (χ1n) is 8.66. The lowest BCUT2D eigenvalue weighted by atomic mass is 9.85. The molecule has 2 aliphatic carbocycles. The molecule has 3 aliphatic rings. The zero-order chi connectivity index (χ0) is 18.7. The Balaban J connectivity index is 1.52. The van der Waals surface area contributed by atoms with E-state index >= 15 is 0 Å². The molecule has 1 aromatic carbocycles. The third-order valence-corrected chi connectivity index (χ3v) is 6.64. The molecule has 27 heavy (non-hydrogen) atoms. The zero-order valence-corrected chi connectivity index (χ0v) is 15.6. The molecule has 2 bridgehead atoms. The van der Waals surface area contributed by atoms with Crippen molar-refractivity contribution in [3.63, 3.8) is 0 Å². The number of imide groups is 1. The second-order valence-corrected chi connectivity index (χ2v) is 8.37. The van der Waals surface area contributed by atoms with E-state index in [9.17, 15) is 14.4 Å². The molecule has 136 valence electrons. The summed E-state index contributed by atoms with van der Waals surface area (Å²) in [7, 11) is 0. The molecule has 0 spiro atoms. The molecular weight excluding hydrogens is 386 g/mol. The number of carbonyl (C=O) groups excluding carboxylic acids is 3. The van der Waals surface area contributed by atoms with E-state index in [1.807, 2.05) is 12.2 Å². The maximum absolute atomic E-state index is 13.1. The number of hydrogen-bond donors (Lipinski definition) is 0. The number of hydrogen-bond acceptors (Lipinski definition) is 5. The average molecular weight is 400 g/mol. The summed E-state index contributed by atoms with van der Waals surface area (Å²) in [5.41, 5.74) is 0.233. The van der Waals surface area contributed by atoms with Crippen molar-refractivity contribution in [2.75, 3.05) is 4.90 Å². The molecule has 1 aromatic heterocycles. The molecule has 1 saturated heterocycles. The summed E-state index contributed by atoms with van der Waals surface area (Å²) < 4.78 is 5.50. The van der Waals surface area contributed by atoms with Gasteiger partial charge in [-0.15, -0.1) is 11.3 Å². The van der Waals surface area contributed by atoms with Crippen LogP contribution in [0.3, 0.4) is 0 Å². The third kappa shape index (κ3) is 2.47. The van der Waals surface area contributed by atoms with Crippen LogP contribution in [0.5, 0.6) is 5.75 Å². The Morgan fingerprint density at radius 3 is 2.44 bits per heavy atom. The fourth-order valence-electron chi connectivity index (χ4n) is 4.44. The monoisotopic (exact) mass is 399 g/mol. The molecule has 0 unspecified atom stereocenters. The molecule has 1 aliphatic heterocycles. The number of halogens is 1. The molecule has 7 heteroatoms. The van der Waals surface area contributed by atoms with Crippen LogP contribution in [-0.4, -0.2) is 17.8 Å². The first-order valence-corrected chi connectivity index (χ1v) is 9.92. The van der Waals surface area contributed by atoms with Crippen LogP contribution in [0.1, 0.15) is 16.1 Å². The van der Waals surface area contributed by atoms with Crippen LogP contribution in [0, 0.1) is 23.7 Å². The first-order chi connectivity index (χ1) is 13.0. The van der Waals surface area contributed by atoms with Gasteiger partial charge in [-0.3, -0.25) is 9.59 Å². The van der Waals surface area contributed by atoms with E-state index in [-0.39, 0.29) is 46.9 Å². The number of fused-ring (bicyclic) bond motifs is 5. The van der Waals surface area contributed by atoms with Gasteiger partial charge >= 0.3 is 5.97 Å². The summed E-state index contributed by atoms with van der Waals surface area (Å²) in [6.07, 6.45) is 4.93. The van der Waals surface area contributed by atoms with Gasteiger partial charge in [0.25, 0.3) is 0 Å². The fourth-order valence-corrected chi connectivity index (χ4v) is 5.20. The second-order valence-electron chi connectivity index (χ2n) is 6.99. The topological polar surface area (TPSA) is 63.7 Å². The standard InChI is InChI=1S/C20H14ClNO4S/c21-12-5-6-14(26-20(25)15-2-1-7-27-15)13(9-12)22-18(23)16-10-3-4-11(8-10)17(16)19(22)24/h1-7,9-11,16-17H,8H2/t10-,11+,16+,17-. The normalized spacial score (nSPS) is 28.1. The highest BCUT2D eigenvalue weighted by atomic mass is 35.5. The van der Waals surface area contributed by atoms with Crippen LogP contribution in [0.25, 0.3) is 0 Å². The van der Waals surface area contributed by atoms with Crippen LogP contribution in [0.2, 0.25) is 5.02 Å². The third-order valence-electron chi connectivity index (χ3n) is 5.56. The predicted molar refractivity (Wildman–Crippen MR) is 101 cm³/mol. The zero-order valence-electron chi connectivity index (χ0n) is 14.0. The predicted octanol–water partition coefficient (Wildman–Crippen LogP) is 3.93. The lowest BCUT2D eigenvalue weighted by molar-refractivity contribution is -0.123. The van der Waals surface area contributed by atoms with Crippen molar-refractivity contribution in [1.29, 1.82) is 0 Å². The number of thiophene rings is 1. The van der Waals surface area contributed by atoms with E-state index in [1.165, 1.54) is 23.5 Å². The molecule has 2 fully saturated rings. The number of rotatable bonds is 3. The summed E-state index contributed by atoms with van der Waals surface area (Å²) >= 11 is 7.38. The summed E-state index contributed by atoms with van der Waals surface area (Å²) in [5.74, 6) is -1.29. The van der Waals surface area contributed by atoms with Gasteiger partial charge in [-0.2, -0.15) is 0 Å². The summed E-state index contributed by atoms with van der Waals surface area (Å²) in [6.45, 7) is 0. The molecule has 0 N–H and O–H groups in total. The van der Waals surface area contributed by atoms with E-state index in [0.717, 1.165) is 11.3 Å². The Bertz CT molecular complexity index is 969. The Hall–Kier alpha value is -2.44. The van der Waals surface area contributed by atoms with Gasteiger partial charge < -0.3 is 4.74 Å². The maximum Gasteiger partial charge on any atom is 0.353 e. The lowest BCUT2D eigenvalue weighted by Gasteiger charge is -2.20. The molecule has 5 nitrogen and oxygen atoms in total. The van der Waals surface area contributed by atoms with Crippen molar-refractivity contribution in [2.45, 2.75) is 6.42 Å². The highest BCUT2D eigenvalue weighted by Crippen LogP contribution is 2.54. The minimum Gasteiger partial charge on any atom is -0.420 e. The Morgan fingerprint density at radius 2 is 1.81 bits per heavy atom. The highest BCUT2D eigenvalue weighted by Gasteiger charge is 2.60. The number of anilines is 1. The van der Waals surface area contributed by atoms with Gasteiger partial charge in [0.1, 0.15) is 4.88 Å². The van der Waals surface area contributed by atoms with Gasteiger partial charge in [-0.25, -0.2) is 9.69 Å². The van der Waals surface area contributed by atoms with E-state index in [4.69, 9.17) is 16.3 Å². The van der Waals surface area contributed by atoms with E-state index in [1.54, 1.807) is 23.6 Å². The summed E-state index contributed by atoms with van der Waals surface area (Å²) in [4.78, 5) is 40.1. The van der Waals surface area contributed by atoms with Gasteiger partial charge in [0.15, 0.2) is 5.75 Å². The molecule has 5 rings (SSSR count). The van der Waals surface area contributed by atoms with Crippen LogP contribution in [0.15, 0.2) is 47.9 Å². The van der Waals surface area contributed by atoms with Crippen LogP contribution >= 0.6 is 22.9 Å². The molecule has 2 amide bonds. The lowest BCUT2D eigenvalue weighted by Crippen LogP contribution is -2.33. The van der Waals surface area contributed by atoms with E-state index in [2.05, 4.69) is 0 Å². The largest absolute Gasteiger partial charge is 0.420 e. The molecular formula is C20H14ClNO4S. The SMILES string of the molecule is O=C(Oc1ccc(Cl)cc1N1C(=O)[C@@H]2[C@H](C1=O)[C@H]1C=C[C@@H]2C1)c1cccs1. The Morgan fingerprint density at radius 1 is 1.11 bits per heavy atom. The number of carbonyl (C=O) groups is 3. The summed E-state index contributed by atoms with van der Waals surface area (Å²) in [5, 5.41) is 2.14. The minimum atomic E-state index is -0.533. The number of ether oxygens (including phenoxy) is 1. The maximum atomic E-state index is 13.1. The van der Waals surface area contributed by atoms with Gasteiger partial charge in [-0.1, -0.05) is 29.8 Å². The number of amides is 2. The average Bonchev–Trinajstić information content (AvgIpc) is 3.42. The molecule has 2 aromatic rings. The molecule has 0 radical (unpaired) electrons. The van der Waals surface area contributed by atoms with Gasteiger partial charge in [0.2, 0.25) is 11.8 Å². The van der Waals surface area contributed by atoms with E-state index in [0.29, 0.717) is 9.90 Å². The van der Waals surface area contributed by atoms with Crippen molar-refractivity contribution < 1.29 is 19.1 Å². The molecule has 4 atom stereocenters. The minimum absolute atomic E-state index is 0.109.